The Morgan fingerprint density at radius 2 is 1.93 bits per heavy atom. The number of aromatic nitrogens is 2. The van der Waals surface area contributed by atoms with Crippen LogP contribution in [-0.2, 0) is 16.1 Å². The highest BCUT2D eigenvalue weighted by Crippen LogP contribution is 2.25. The van der Waals surface area contributed by atoms with Gasteiger partial charge in [0.05, 0.1) is 11.3 Å². The molecule has 1 amide bonds. The number of amides is 1. The summed E-state index contributed by atoms with van der Waals surface area (Å²) in [7, 11) is 0. The van der Waals surface area contributed by atoms with Crippen molar-refractivity contribution in [1.82, 2.24) is 9.38 Å². The predicted octanol–water partition coefficient (Wildman–Crippen LogP) is 3.63. The van der Waals surface area contributed by atoms with Gasteiger partial charge >= 0.3 is 5.97 Å². The monoisotopic (exact) mass is 411 g/mol. The van der Waals surface area contributed by atoms with Gasteiger partial charge < -0.3 is 10.1 Å². The predicted molar refractivity (Wildman–Crippen MR) is 110 cm³/mol. The maximum Gasteiger partial charge on any atom is 0.338 e. The largest absolute Gasteiger partial charge is 0.456 e. The number of hydrogen-bond donors (Lipinski definition) is 1. The summed E-state index contributed by atoms with van der Waals surface area (Å²) in [5.74, 6) is -0.393. The lowest BCUT2D eigenvalue weighted by atomic mass is 9.88. The average molecular weight is 411 g/mol. The molecular formula is C21H21N3O4S. The van der Waals surface area contributed by atoms with Crippen molar-refractivity contribution in [2.24, 2.45) is 5.92 Å². The standard InChI is InChI=1S/C21H21N3O4S/c25-18-12-17(23-21-24(18)10-11-29-21)13-28-20(27)15-6-8-16(9-7-15)22-19(26)14-4-2-1-3-5-14/h6-12,14H,1-5,13H2,(H,22,26). The normalized spacial score (nSPS) is 14.6. The molecule has 0 atom stereocenters. The molecule has 1 N–H and O–H groups in total. The van der Waals surface area contributed by atoms with Crippen LogP contribution in [0, 0.1) is 5.92 Å². The maximum atomic E-state index is 12.3. The fraction of sp³-hybridized carbons (Fsp3) is 0.333. The molecule has 0 bridgehead atoms. The highest BCUT2D eigenvalue weighted by molar-refractivity contribution is 7.15. The molecule has 8 heteroatoms. The van der Waals surface area contributed by atoms with Crippen LogP contribution in [0.4, 0.5) is 5.69 Å². The Bertz CT molecular complexity index is 1080. The highest BCUT2D eigenvalue weighted by Gasteiger charge is 2.21. The number of ether oxygens (including phenoxy) is 1. The molecule has 0 unspecified atom stereocenters. The first-order valence-electron chi connectivity index (χ1n) is 9.64. The Labute approximate surface area is 171 Å². The Morgan fingerprint density at radius 1 is 1.17 bits per heavy atom. The Morgan fingerprint density at radius 3 is 2.69 bits per heavy atom. The lowest BCUT2D eigenvalue weighted by Crippen LogP contribution is -2.24. The molecular weight excluding hydrogens is 390 g/mol. The van der Waals surface area contributed by atoms with Crippen molar-refractivity contribution in [3.05, 3.63) is 63.5 Å². The molecule has 4 rings (SSSR count). The molecule has 1 saturated carbocycles. The number of thiazole rings is 1. The summed E-state index contributed by atoms with van der Waals surface area (Å²) in [6, 6.07) is 7.98. The first kappa shape index (κ1) is 19.3. The van der Waals surface area contributed by atoms with Crippen LogP contribution in [0.5, 0.6) is 0 Å². The van der Waals surface area contributed by atoms with Gasteiger partial charge in [-0.3, -0.25) is 14.0 Å². The summed E-state index contributed by atoms with van der Waals surface area (Å²) in [4.78, 5) is 41.4. The number of anilines is 1. The van der Waals surface area contributed by atoms with Crippen LogP contribution in [-0.4, -0.2) is 21.3 Å². The van der Waals surface area contributed by atoms with Crippen molar-refractivity contribution in [2.75, 3.05) is 5.32 Å². The van der Waals surface area contributed by atoms with Crippen molar-refractivity contribution >= 4 is 33.9 Å². The van der Waals surface area contributed by atoms with E-state index in [1.54, 1.807) is 35.8 Å². The van der Waals surface area contributed by atoms with Crippen LogP contribution in [0.15, 0.2) is 46.7 Å². The molecule has 0 aliphatic heterocycles. The Balaban J connectivity index is 1.35. The Kier molecular flexibility index (Phi) is 5.71. The van der Waals surface area contributed by atoms with Gasteiger partial charge in [-0.2, -0.15) is 0 Å². The van der Waals surface area contributed by atoms with E-state index in [9.17, 15) is 14.4 Å². The van der Waals surface area contributed by atoms with Crippen LogP contribution < -0.4 is 10.9 Å². The minimum Gasteiger partial charge on any atom is -0.456 e. The van der Waals surface area contributed by atoms with Crippen molar-refractivity contribution < 1.29 is 14.3 Å². The molecule has 1 aromatic carbocycles. The molecule has 1 aliphatic carbocycles. The topological polar surface area (TPSA) is 89.8 Å². The van der Waals surface area contributed by atoms with E-state index < -0.39 is 5.97 Å². The smallest absolute Gasteiger partial charge is 0.338 e. The summed E-state index contributed by atoms with van der Waals surface area (Å²) in [5.41, 5.74) is 1.23. The fourth-order valence-electron chi connectivity index (χ4n) is 3.48. The van der Waals surface area contributed by atoms with Gasteiger partial charge in [0.15, 0.2) is 4.96 Å². The Hall–Kier alpha value is -3.00. The third kappa shape index (κ3) is 4.54. The average Bonchev–Trinajstić information content (AvgIpc) is 3.22. The lowest BCUT2D eigenvalue weighted by molar-refractivity contribution is -0.120. The van der Waals surface area contributed by atoms with Gasteiger partial charge in [-0.15, -0.1) is 11.3 Å². The van der Waals surface area contributed by atoms with Gasteiger partial charge in [-0.05, 0) is 37.1 Å². The van der Waals surface area contributed by atoms with Crippen LogP contribution in [0.3, 0.4) is 0 Å². The van der Waals surface area contributed by atoms with E-state index in [4.69, 9.17) is 4.74 Å². The third-order valence-corrected chi connectivity index (χ3v) is 5.83. The summed E-state index contributed by atoms with van der Waals surface area (Å²) < 4.78 is 6.72. The first-order valence-corrected chi connectivity index (χ1v) is 10.5. The van der Waals surface area contributed by atoms with Crippen molar-refractivity contribution in [2.45, 2.75) is 38.7 Å². The van der Waals surface area contributed by atoms with Gasteiger partial charge in [-0.1, -0.05) is 19.3 Å². The van der Waals surface area contributed by atoms with Crippen LogP contribution in [0.25, 0.3) is 4.96 Å². The number of carbonyl (C=O) groups is 2. The molecule has 7 nitrogen and oxygen atoms in total. The van der Waals surface area contributed by atoms with E-state index in [-0.39, 0.29) is 24.0 Å². The number of esters is 1. The number of nitrogens with zero attached hydrogens (tertiary/aromatic N) is 2. The van der Waals surface area contributed by atoms with E-state index in [1.165, 1.54) is 28.2 Å². The lowest BCUT2D eigenvalue weighted by Gasteiger charge is -2.20. The number of rotatable bonds is 5. The zero-order valence-electron chi connectivity index (χ0n) is 15.8. The molecule has 150 valence electrons. The van der Waals surface area contributed by atoms with E-state index >= 15 is 0 Å². The zero-order chi connectivity index (χ0) is 20.2. The van der Waals surface area contributed by atoms with Crippen LogP contribution in [0.2, 0.25) is 0 Å². The third-order valence-electron chi connectivity index (χ3n) is 5.07. The number of carbonyl (C=O) groups excluding carboxylic acids is 2. The van der Waals surface area contributed by atoms with E-state index in [0.717, 1.165) is 25.7 Å². The first-order chi connectivity index (χ1) is 14.1. The molecule has 0 saturated heterocycles. The van der Waals surface area contributed by atoms with E-state index in [2.05, 4.69) is 10.3 Å². The molecule has 2 aromatic heterocycles. The number of fused-ring (bicyclic) bond motifs is 1. The molecule has 0 spiro atoms. The summed E-state index contributed by atoms with van der Waals surface area (Å²) in [6.45, 7) is -0.0807. The van der Waals surface area contributed by atoms with Gasteiger partial charge in [-0.25, -0.2) is 9.78 Å². The van der Waals surface area contributed by atoms with Gasteiger partial charge in [0.2, 0.25) is 5.91 Å². The summed E-state index contributed by atoms with van der Waals surface area (Å²) in [6.07, 6.45) is 6.93. The van der Waals surface area contributed by atoms with Crippen molar-refractivity contribution in [3.63, 3.8) is 0 Å². The fourth-order valence-corrected chi connectivity index (χ4v) is 4.22. The second-order valence-corrected chi connectivity index (χ2v) is 7.99. The molecule has 1 fully saturated rings. The van der Waals surface area contributed by atoms with Gasteiger partial charge in [0.25, 0.3) is 5.56 Å². The number of nitrogens with one attached hydrogen (secondary N) is 1. The zero-order valence-corrected chi connectivity index (χ0v) is 16.6. The van der Waals surface area contributed by atoms with Crippen molar-refractivity contribution in [3.8, 4) is 0 Å². The molecule has 2 heterocycles. The quantitative estimate of drug-likeness (QED) is 0.648. The van der Waals surface area contributed by atoms with Crippen LogP contribution >= 0.6 is 11.3 Å². The minimum absolute atomic E-state index is 0.0429. The molecule has 3 aromatic rings. The van der Waals surface area contributed by atoms with Crippen molar-refractivity contribution in [1.29, 1.82) is 0 Å². The summed E-state index contributed by atoms with van der Waals surface area (Å²) >= 11 is 1.34. The highest BCUT2D eigenvalue weighted by atomic mass is 32.1. The molecule has 0 radical (unpaired) electrons. The van der Waals surface area contributed by atoms with Gasteiger partial charge in [0, 0.05) is 29.2 Å². The van der Waals surface area contributed by atoms with E-state index in [1.807, 2.05) is 0 Å². The van der Waals surface area contributed by atoms with Crippen LogP contribution in [0.1, 0.15) is 48.2 Å². The molecule has 1 aliphatic rings. The minimum atomic E-state index is -0.511. The number of hydrogen-bond acceptors (Lipinski definition) is 6. The SMILES string of the molecule is O=C(OCc1cc(=O)n2ccsc2n1)c1ccc(NC(=O)C2CCCCC2)cc1. The summed E-state index contributed by atoms with van der Waals surface area (Å²) in [5, 5.41) is 4.69. The number of benzene rings is 1. The van der Waals surface area contributed by atoms with Gasteiger partial charge in [0.1, 0.15) is 6.61 Å². The van der Waals surface area contributed by atoms with E-state index in [0.29, 0.717) is 21.9 Å². The maximum absolute atomic E-state index is 12.3. The second kappa shape index (κ2) is 8.57. The second-order valence-electron chi connectivity index (χ2n) is 7.12. The molecule has 29 heavy (non-hydrogen) atoms.